The molecule has 2 N–H and O–H groups in total. The van der Waals surface area contributed by atoms with Gasteiger partial charge < -0.3 is 14.9 Å². The van der Waals surface area contributed by atoms with E-state index >= 15 is 0 Å². The number of allylic oxidation sites excluding steroid dienone is 2. The maximum atomic E-state index is 13.5. The minimum Gasteiger partial charge on any atom is -0.393 e. The second kappa shape index (κ2) is 18.4. The van der Waals surface area contributed by atoms with Crippen LogP contribution in [0.25, 0.3) is 0 Å². The van der Waals surface area contributed by atoms with Crippen LogP contribution in [0.3, 0.4) is 0 Å². The summed E-state index contributed by atoms with van der Waals surface area (Å²) in [6.45, 7) is 10.3. The molecule has 56 heavy (non-hydrogen) atoms. The summed E-state index contributed by atoms with van der Waals surface area (Å²) < 4.78 is 0. The Morgan fingerprint density at radius 2 is 1.27 bits per heavy atom. The van der Waals surface area contributed by atoms with E-state index in [-0.39, 0.29) is 48.5 Å². The number of piperazine rings is 1. The number of hydrogen-bond donors (Lipinski definition) is 2. The van der Waals surface area contributed by atoms with Crippen LogP contribution in [0.1, 0.15) is 148 Å². The third-order valence-electron chi connectivity index (χ3n) is 16.5. The van der Waals surface area contributed by atoms with E-state index < -0.39 is 11.9 Å². The molecule has 4 aliphatic carbocycles. The van der Waals surface area contributed by atoms with E-state index in [1.165, 1.54) is 121 Å². The standard InChI is InChI=1S/C46H73N5O5/c1-2-38(32-6-4-3-5-7-32)43(34-10-15-37(52)16-11-34)33-8-12-35(13-9-33)49-24-21-31(22-25-49)20-23-48-26-28-50(29-27-48)36-14-17-39-40(30-36)46(56)51(45(39)55)41-18-19-42(53)47-44(41)54/h31-37,39-41,52H,2-30H2,1H3,(H,47,53,54)/b43-38+. The molecule has 0 aromatic carbocycles. The van der Waals surface area contributed by atoms with Crippen LogP contribution in [0.5, 0.6) is 0 Å². The van der Waals surface area contributed by atoms with Crippen molar-refractivity contribution in [1.82, 2.24) is 24.9 Å². The van der Waals surface area contributed by atoms with Gasteiger partial charge in [-0.1, -0.05) is 37.3 Å². The Bertz CT molecular complexity index is 1430. The number of carbonyl (C=O) groups excluding carboxylic acids is 4. The minimum absolute atomic E-state index is 0.0730. The van der Waals surface area contributed by atoms with Crippen molar-refractivity contribution in [2.45, 2.75) is 172 Å². The molecule has 4 saturated heterocycles. The molecule has 10 nitrogen and oxygen atoms in total. The minimum atomic E-state index is -0.836. The number of aliphatic hydroxyl groups is 1. The number of fused-ring (bicyclic) bond motifs is 1. The average Bonchev–Trinajstić information content (AvgIpc) is 3.48. The normalized spacial score (nSPS) is 37.1. The van der Waals surface area contributed by atoms with E-state index in [0.717, 1.165) is 75.2 Å². The van der Waals surface area contributed by atoms with Crippen molar-refractivity contribution in [3.8, 4) is 0 Å². The van der Waals surface area contributed by atoms with Crippen LogP contribution in [-0.2, 0) is 19.2 Å². The van der Waals surface area contributed by atoms with Gasteiger partial charge >= 0.3 is 0 Å². The van der Waals surface area contributed by atoms with Gasteiger partial charge in [0.2, 0.25) is 23.6 Å². The number of aliphatic hydroxyl groups excluding tert-OH is 1. The first-order valence-corrected chi connectivity index (χ1v) is 23.6. The summed E-state index contributed by atoms with van der Waals surface area (Å²) in [7, 11) is 0. The highest BCUT2D eigenvalue weighted by atomic mass is 16.3. The summed E-state index contributed by atoms with van der Waals surface area (Å²) in [6, 6.07) is 0.241. The van der Waals surface area contributed by atoms with Crippen molar-refractivity contribution >= 4 is 23.6 Å². The number of likely N-dealkylation sites (tertiary alicyclic amines) is 2. The molecule has 8 fully saturated rings. The Labute approximate surface area is 336 Å². The van der Waals surface area contributed by atoms with E-state index in [2.05, 4.69) is 26.9 Å². The second-order valence-corrected chi connectivity index (χ2v) is 19.5. The Balaban J connectivity index is 0.757. The van der Waals surface area contributed by atoms with Crippen molar-refractivity contribution in [3.05, 3.63) is 11.1 Å². The summed E-state index contributed by atoms with van der Waals surface area (Å²) >= 11 is 0. The monoisotopic (exact) mass is 776 g/mol. The molecule has 4 unspecified atom stereocenters. The van der Waals surface area contributed by atoms with Crippen LogP contribution in [0.4, 0.5) is 0 Å². The zero-order valence-corrected chi connectivity index (χ0v) is 34.6. The first-order chi connectivity index (χ1) is 27.3. The molecule has 10 heteroatoms. The predicted octanol–water partition coefficient (Wildman–Crippen LogP) is 6.06. The lowest BCUT2D eigenvalue weighted by Crippen LogP contribution is -2.54. The van der Waals surface area contributed by atoms with E-state index in [1.807, 2.05) is 11.1 Å². The fourth-order valence-electron chi connectivity index (χ4n) is 13.3. The lowest BCUT2D eigenvalue weighted by atomic mass is 9.67. The molecule has 312 valence electrons. The zero-order valence-electron chi connectivity index (χ0n) is 34.6. The fourth-order valence-corrected chi connectivity index (χ4v) is 13.3. The maximum absolute atomic E-state index is 13.5. The van der Waals surface area contributed by atoms with Gasteiger partial charge in [0.05, 0.1) is 17.9 Å². The fraction of sp³-hybridized carbons (Fsp3) is 0.870. The van der Waals surface area contributed by atoms with Crippen LogP contribution >= 0.6 is 0 Å². The molecule has 8 rings (SSSR count). The number of rotatable bonds is 10. The van der Waals surface area contributed by atoms with E-state index in [1.54, 1.807) is 0 Å². The van der Waals surface area contributed by atoms with Crippen molar-refractivity contribution in [3.63, 3.8) is 0 Å². The van der Waals surface area contributed by atoms with Gasteiger partial charge in [0.1, 0.15) is 6.04 Å². The van der Waals surface area contributed by atoms with Crippen molar-refractivity contribution in [2.75, 3.05) is 45.8 Å². The molecule has 4 aliphatic heterocycles. The summed E-state index contributed by atoms with van der Waals surface area (Å²) in [5.41, 5.74) is 3.76. The molecule has 8 aliphatic rings. The van der Waals surface area contributed by atoms with Gasteiger partial charge in [-0.2, -0.15) is 0 Å². The van der Waals surface area contributed by atoms with Gasteiger partial charge in [0.15, 0.2) is 0 Å². The second-order valence-electron chi connectivity index (χ2n) is 19.5. The molecule has 0 radical (unpaired) electrons. The smallest absolute Gasteiger partial charge is 0.249 e. The molecule has 0 bridgehead atoms. The average molecular weight is 776 g/mol. The molecule has 4 saturated carbocycles. The Morgan fingerprint density at radius 1 is 0.643 bits per heavy atom. The summed E-state index contributed by atoms with van der Waals surface area (Å²) in [5.74, 6) is 1.27. The topological polar surface area (TPSA) is 114 Å². The van der Waals surface area contributed by atoms with Gasteiger partial charge in [-0.15, -0.1) is 0 Å². The number of hydrogen-bond acceptors (Lipinski definition) is 8. The summed E-state index contributed by atoms with van der Waals surface area (Å²) in [6.07, 6.45) is 24.8. The van der Waals surface area contributed by atoms with E-state index in [0.29, 0.717) is 18.9 Å². The van der Waals surface area contributed by atoms with Gasteiger partial charge in [0.25, 0.3) is 0 Å². The van der Waals surface area contributed by atoms with Gasteiger partial charge in [-0.25, -0.2) is 0 Å². The summed E-state index contributed by atoms with van der Waals surface area (Å²) in [4.78, 5) is 60.2. The first-order valence-electron chi connectivity index (χ1n) is 23.6. The number of carbonyl (C=O) groups is 4. The lowest BCUT2D eigenvalue weighted by molar-refractivity contribution is -0.151. The molecular formula is C46H73N5O5. The van der Waals surface area contributed by atoms with Crippen LogP contribution in [-0.4, -0.2) is 118 Å². The van der Waals surface area contributed by atoms with Crippen LogP contribution in [0, 0.1) is 35.5 Å². The highest BCUT2D eigenvalue weighted by molar-refractivity contribution is 6.10. The largest absolute Gasteiger partial charge is 0.393 e. The molecular weight excluding hydrogens is 703 g/mol. The van der Waals surface area contributed by atoms with Gasteiger partial charge in [-0.05, 0) is 159 Å². The van der Waals surface area contributed by atoms with E-state index in [4.69, 9.17) is 0 Å². The Hall–Kier alpha value is -2.14. The third-order valence-corrected chi connectivity index (χ3v) is 16.5. The van der Waals surface area contributed by atoms with Gasteiger partial charge in [0, 0.05) is 44.7 Å². The van der Waals surface area contributed by atoms with Gasteiger partial charge in [-0.3, -0.25) is 34.3 Å². The Kier molecular flexibility index (Phi) is 13.4. The maximum Gasteiger partial charge on any atom is 0.249 e. The molecule has 0 aromatic rings. The molecule has 4 atom stereocenters. The highest BCUT2D eigenvalue weighted by Crippen LogP contribution is 2.47. The number of nitrogens with zero attached hydrogens (tertiary/aromatic N) is 4. The lowest BCUT2D eigenvalue weighted by Gasteiger charge is -2.44. The molecule has 0 aromatic heterocycles. The highest BCUT2D eigenvalue weighted by Gasteiger charge is 2.54. The van der Waals surface area contributed by atoms with E-state index in [9.17, 15) is 24.3 Å². The molecule has 4 heterocycles. The number of piperidine rings is 2. The van der Waals surface area contributed by atoms with Crippen molar-refractivity contribution < 1.29 is 24.3 Å². The quantitative estimate of drug-likeness (QED) is 0.204. The molecule has 0 spiro atoms. The zero-order chi connectivity index (χ0) is 38.8. The predicted molar refractivity (Wildman–Crippen MR) is 217 cm³/mol. The number of amides is 4. The molecule has 4 amide bonds. The van der Waals surface area contributed by atoms with Crippen molar-refractivity contribution in [1.29, 1.82) is 0 Å². The SMILES string of the molecule is CC/C(=C(\C1CCC(O)CC1)C1CCC(N2CCC(CCN3CCN(C4CCC5C(=O)N(C6CCC(=O)NC6=O)C(=O)C5C4)CC3)CC2)CC1)C1CCCCC1. The van der Waals surface area contributed by atoms with Crippen LogP contribution in [0.15, 0.2) is 11.1 Å². The number of imide groups is 2. The summed E-state index contributed by atoms with van der Waals surface area (Å²) in [5, 5.41) is 12.7. The van der Waals surface area contributed by atoms with Crippen LogP contribution in [0.2, 0.25) is 0 Å². The number of nitrogens with one attached hydrogen (secondary N) is 1. The van der Waals surface area contributed by atoms with Crippen molar-refractivity contribution in [2.24, 2.45) is 35.5 Å². The third kappa shape index (κ3) is 8.89. The Morgan fingerprint density at radius 3 is 1.93 bits per heavy atom. The first kappa shape index (κ1) is 40.6. The van der Waals surface area contributed by atoms with Crippen LogP contribution < -0.4 is 5.32 Å².